The van der Waals surface area contributed by atoms with Crippen LogP contribution >= 0.6 is 0 Å². The van der Waals surface area contributed by atoms with Crippen molar-refractivity contribution < 1.29 is 14.6 Å². The summed E-state index contributed by atoms with van der Waals surface area (Å²) in [6.07, 6.45) is 14.8. The van der Waals surface area contributed by atoms with E-state index in [0.29, 0.717) is 12.5 Å². The van der Waals surface area contributed by atoms with Gasteiger partial charge in [-0.25, -0.2) is 4.79 Å². The second-order valence-corrected chi connectivity index (χ2v) is 6.52. The number of unbranched alkanes of at least 4 members (excludes halogenated alkanes) is 8. The number of rotatable bonds is 16. The second-order valence-electron chi connectivity index (χ2n) is 6.52. The Morgan fingerprint density at radius 1 is 0.913 bits per heavy atom. The van der Waals surface area contributed by atoms with Crippen LogP contribution in [0.3, 0.4) is 0 Å². The number of nitrogens with one attached hydrogen (secondary N) is 1. The standard InChI is InChI=1S/C19H39NO3/c1-3-5-7-9-10-12-14-18(13-11-8-6-4-2)17-23-19(22)20-15-16-21/h18,21H,3-17H2,1-2H3,(H,20,22). The molecule has 1 amide bonds. The van der Waals surface area contributed by atoms with Crippen LogP contribution in [0.1, 0.15) is 90.9 Å². The number of alkyl carbamates (subject to hydrolysis) is 1. The zero-order valence-electron chi connectivity index (χ0n) is 15.4. The molecule has 0 aliphatic rings. The van der Waals surface area contributed by atoms with Crippen molar-refractivity contribution >= 4 is 6.09 Å². The number of amides is 1. The van der Waals surface area contributed by atoms with Crippen LogP contribution in [-0.2, 0) is 4.74 Å². The van der Waals surface area contributed by atoms with Crippen molar-refractivity contribution in [3.05, 3.63) is 0 Å². The van der Waals surface area contributed by atoms with Gasteiger partial charge >= 0.3 is 6.09 Å². The normalized spacial score (nSPS) is 12.1. The van der Waals surface area contributed by atoms with Crippen LogP contribution in [0.25, 0.3) is 0 Å². The highest BCUT2D eigenvalue weighted by molar-refractivity contribution is 5.67. The van der Waals surface area contributed by atoms with Gasteiger partial charge in [-0.1, -0.05) is 78.1 Å². The fourth-order valence-electron chi connectivity index (χ4n) is 2.79. The summed E-state index contributed by atoms with van der Waals surface area (Å²) in [7, 11) is 0. The Labute approximate surface area is 143 Å². The molecule has 0 fully saturated rings. The Bertz CT molecular complexity index is 259. The fourth-order valence-corrected chi connectivity index (χ4v) is 2.79. The van der Waals surface area contributed by atoms with Crippen molar-refractivity contribution in [3.8, 4) is 0 Å². The lowest BCUT2D eigenvalue weighted by Crippen LogP contribution is -2.28. The molecule has 0 aromatic rings. The Kier molecular flexibility index (Phi) is 17.0. The SMILES string of the molecule is CCCCCCCCC(CCCCCC)COC(=O)NCCO. The van der Waals surface area contributed by atoms with Crippen LogP contribution < -0.4 is 5.32 Å². The van der Waals surface area contributed by atoms with E-state index in [9.17, 15) is 4.79 Å². The van der Waals surface area contributed by atoms with E-state index >= 15 is 0 Å². The average molecular weight is 330 g/mol. The fraction of sp³-hybridized carbons (Fsp3) is 0.947. The number of hydrogen-bond donors (Lipinski definition) is 2. The molecule has 0 saturated heterocycles. The summed E-state index contributed by atoms with van der Waals surface area (Å²) in [5, 5.41) is 11.2. The van der Waals surface area contributed by atoms with Gasteiger partial charge in [0, 0.05) is 6.54 Å². The van der Waals surface area contributed by atoms with E-state index in [1.807, 2.05) is 0 Å². The van der Waals surface area contributed by atoms with Crippen molar-refractivity contribution in [1.82, 2.24) is 5.32 Å². The van der Waals surface area contributed by atoms with E-state index < -0.39 is 6.09 Å². The maximum atomic E-state index is 11.5. The molecule has 1 atom stereocenters. The highest BCUT2D eigenvalue weighted by Crippen LogP contribution is 2.19. The maximum absolute atomic E-state index is 11.5. The Hall–Kier alpha value is -0.770. The molecule has 0 saturated carbocycles. The quantitative estimate of drug-likeness (QED) is 0.390. The number of ether oxygens (including phenoxy) is 1. The number of carbonyl (C=O) groups excluding carboxylic acids is 1. The third-order valence-electron chi connectivity index (χ3n) is 4.26. The van der Waals surface area contributed by atoms with Gasteiger partial charge < -0.3 is 15.2 Å². The second kappa shape index (κ2) is 17.6. The Morgan fingerprint density at radius 2 is 1.43 bits per heavy atom. The van der Waals surface area contributed by atoms with Gasteiger partial charge in [-0.3, -0.25) is 0 Å². The van der Waals surface area contributed by atoms with Gasteiger partial charge in [0.2, 0.25) is 0 Å². The van der Waals surface area contributed by atoms with Gasteiger partial charge in [0.1, 0.15) is 0 Å². The first-order valence-corrected chi connectivity index (χ1v) is 9.76. The van der Waals surface area contributed by atoms with Crippen molar-refractivity contribution in [1.29, 1.82) is 0 Å². The molecule has 0 spiro atoms. The first-order valence-electron chi connectivity index (χ1n) is 9.76. The Balaban J connectivity index is 3.90. The van der Waals surface area contributed by atoms with Gasteiger partial charge in [-0.15, -0.1) is 0 Å². The molecule has 138 valence electrons. The predicted octanol–water partition coefficient (Wildman–Crippen LogP) is 5.04. The molecule has 0 aliphatic heterocycles. The molecular formula is C19H39NO3. The van der Waals surface area contributed by atoms with Gasteiger partial charge in [0.25, 0.3) is 0 Å². The molecule has 4 nitrogen and oxygen atoms in total. The van der Waals surface area contributed by atoms with Gasteiger partial charge in [0.05, 0.1) is 13.2 Å². The van der Waals surface area contributed by atoms with Crippen LogP contribution in [0.5, 0.6) is 0 Å². The summed E-state index contributed by atoms with van der Waals surface area (Å²) >= 11 is 0. The first kappa shape index (κ1) is 22.2. The highest BCUT2D eigenvalue weighted by atomic mass is 16.5. The minimum atomic E-state index is -0.402. The smallest absolute Gasteiger partial charge is 0.407 e. The van der Waals surface area contributed by atoms with Crippen LogP contribution in [0.2, 0.25) is 0 Å². The van der Waals surface area contributed by atoms with Crippen LogP contribution in [0, 0.1) is 5.92 Å². The molecule has 0 aliphatic carbocycles. The molecule has 0 aromatic heterocycles. The zero-order chi connectivity index (χ0) is 17.2. The van der Waals surface area contributed by atoms with Gasteiger partial charge in [0.15, 0.2) is 0 Å². The largest absolute Gasteiger partial charge is 0.449 e. The highest BCUT2D eigenvalue weighted by Gasteiger charge is 2.11. The van der Waals surface area contributed by atoms with E-state index in [4.69, 9.17) is 9.84 Å². The number of aliphatic hydroxyl groups excluding tert-OH is 1. The molecule has 0 aromatic carbocycles. The van der Waals surface area contributed by atoms with Crippen LogP contribution in [0.4, 0.5) is 4.79 Å². The summed E-state index contributed by atoms with van der Waals surface area (Å²) < 4.78 is 5.30. The summed E-state index contributed by atoms with van der Waals surface area (Å²) in [6, 6.07) is 0. The van der Waals surface area contributed by atoms with Crippen molar-refractivity contribution in [3.63, 3.8) is 0 Å². The third-order valence-corrected chi connectivity index (χ3v) is 4.26. The van der Waals surface area contributed by atoms with E-state index in [2.05, 4.69) is 19.2 Å². The van der Waals surface area contributed by atoms with E-state index in [1.54, 1.807) is 0 Å². The van der Waals surface area contributed by atoms with E-state index in [-0.39, 0.29) is 13.2 Å². The van der Waals surface area contributed by atoms with Crippen molar-refractivity contribution in [2.75, 3.05) is 19.8 Å². The molecule has 1 unspecified atom stereocenters. The lowest BCUT2D eigenvalue weighted by molar-refractivity contribution is 0.118. The van der Waals surface area contributed by atoms with Gasteiger partial charge in [-0.05, 0) is 18.8 Å². The summed E-state index contributed by atoms with van der Waals surface area (Å²) in [6.45, 7) is 5.19. The van der Waals surface area contributed by atoms with Gasteiger partial charge in [-0.2, -0.15) is 0 Å². The van der Waals surface area contributed by atoms with E-state index in [1.165, 1.54) is 64.2 Å². The summed E-state index contributed by atoms with van der Waals surface area (Å²) in [5.41, 5.74) is 0. The third kappa shape index (κ3) is 15.9. The maximum Gasteiger partial charge on any atom is 0.407 e. The molecule has 0 rings (SSSR count). The molecule has 23 heavy (non-hydrogen) atoms. The first-order chi connectivity index (χ1) is 11.2. The van der Waals surface area contributed by atoms with Crippen molar-refractivity contribution in [2.24, 2.45) is 5.92 Å². The molecule has 0 bridgehead atoms. The number of carbonyl (C=O) groups is 1. The summed E-state index contributed by atoms with van der Waals surface area (Å²) in [5.74, 6) is 0.484. The zero-order valence-corrected chi connectivity index (χ0v) is 15.4. The lowest BCUT2D eigenvalue weighted by atomic mass is 9.95. The van der Waals surface area contributed by atoms with Crippen LogP contribution in [0.15, 0.2) is 0 Å². The molecule has 4 heteroatoms. The Morgan fingerprint density at radius 3 is 2.00 bits per heavy atom. The predicted molar refractivity (Wildman–Crippen MR) is 96.7 cm³/mol. The topological polar surface area (TPSA) is 58.6 Å². The van der Waals surface area contributed by atoms with Crippen molar-refractivity contribution in [2.45, 2.75) is 90.9 Å². The molecular weight excluding hydrogens is 290 g/mol. The average Bonchev–Trinajstić information content (AvgIpc) is 2.56. The van der Waals surface area contributed by atoms with Crippen LogP contribution in [-0.4, -0.2) is 31.0 Å². The summed E-state index contributed by atoms with van der Waals surface area (Å²) in [4.78, 5) is 11.5. The number of hydrogen-bond acceptors (Lipinski definition) is 3. The lowest BCUT2D eigenvalue weighted by Gasteiger charge is -2.17. The van der Waals surface area contributed by atoms with E-state index in [0.717, 1.165) is 12.8 Å². The molecule has 0 heterocycles. The molecule has 2 N–H and O–H groups in total. The monoisotopic (exact) mass is 329 g/mol. The minimum Gasteiger partial charge on any atom is -0.449 e. The molecule has 0 radical (unpaired) electrons. The minimum absolute atomic E-state index is 0.0483. The number of aliphatic hydroxyl groups is 1.